The van der Waals surface area contributed by atoms with Gasteiger partial charge in [0.05, 0.1) is 13.5 Å². The van der Waals surface area contributed by atoms with E-state index in [2.05, 4.69) is 4.74 Å². The average Bonchev–Trinajstić information content (AvgIpc) is 2.33. The third-order valence-corrected chi connectivity index (χ3v) is 3.14. The highest BCUT2D eigenvalue weighted by Crippen LogP contribution is 2.29. The molecule has 0 aromatic heterocycles. The van der Waals surface area contributed by atoms with E-state index < -0.39 is 0 Å². The zero-order valence-electron chi connectivity index (χ0n) is 9.17. The molecule has 0 radical (unpaired) electrons. The topological polar surface area (TPSA) is 26.3 Å². The number of halogens is 2. The standard InChI is InChI=1S/C13H10Cl2O2/c1-17-13(16)6-8-2-5-12(15)11-7-9(14)3-4-10(8)11/h2-5,7H,6H2,1H3. The molecule has 2 aromatic carbocycles. The van der Waals surface area contributed by atoms with E-state index in [9.17, 15) is 4.79 Å². The van der Waals surface area contributed by atoms with Crippen molar-refractivity contribution in [3.05, 3.63) is 45.9 Å². The van der Waals surface area contributed by atoms with Gasteiger partial charge < -0.3 is 4.74 Å². The minimum Gasteiger partial charge on any atom is -0.469 e. The molecule has 0 bridgehead atoms. The van der Waals surface area contributed by atoms with Crippen molar-refractivity contribution < 1.29 is 9.53 Å². The lowest BCUT2D eigenvalue weighted by Gasteiger charge is -2.07. The molecule has 0 fully saturated rings. The lowest BCUT2D eigenvalue weighted by Crippen LogP contribution is -2.04. The van der Waals surface area contributed by atoms with Gasteiger partial charge in [0.1, 0.15) is 0 Å². The van der Waals surface area contributed by atoms with E-state index in [0.29, 0.717) is 10.0 Å². The summed E-state index contributed by atoms with van der Waals surface area (Å²) in [7, 11) is 1.37. The molecule has 2 nitrogen and oxygen atoms in total. The Morgan fingerprint density at radius 2 is 1.94 bits per heavy atom. The molecule has 0 amide bonds. The zero-order chi connectivity index (χ0) is 12.4. The van der Waals surface area contributed by atoms with E-state index in [1.165, 1.54) is 7.11 Å². The van der Waals surface area contributed by atoms with Gasteiger partial charge >= 0.3 is 5.97 Å². The molecular weight excluding hydrogens is 259 g/mol. The van der Waals surface area contributed by atoms with Crippen LogP contribution in [0.2, 0.25) is 10.0 Å². The van der Waals surface area contributed by atoms with E-state index in [-0.39, 0.29) is 12.4 Å². The van der Waals surface area contributed by atoms with Gasteiger partial charge in [-0.3, -0.25) is 4.79 Å². The first-order chi connectivity index (χ1) is 8.11. The molecule has 0 unspecified atom stereocenters. The van der Waals surface area contributed by atoms with Crippen LogP contribution in [0.1, 0.15) is 5.56 Å². The Kier molecular flexibility index (Phi) is 3.55. The molecule has 0 aliphatic rings. The summed E-state index contributed by atoms with van der Waals surface area (Å²) in [5, 5.41) is 3.01. The minimum absolute atomic E-state index is 0.228. The molecule has 0 heterocycles. The van der Waals surface area contributed by atoms with Crippen LogP contribution in [-0.4, -0.2) is 13.1 Å². The Bertz CT molecular complexity index is 579. The first-order valence-electron chi connectivity index (χ1n) is 5.05. The van der Waals surface area contributed by atoms with Gasteiger partial charge in [-0.15, -0.1) is 0 Å². The largest absolute Gasteiger partial charge is 0.469 e. The van der Waals surface area contributed by atoms with Crippen LogP contribution in [0, 0.1) is 0 Å². The van der Waals surface area contributed by atoms with Crippen molar-refractivity contribution in [2.75, 3.05) is 7.11 Å². The van der Waals surface area contributed by atoms with Crippen molar-refractivity contribution in [3.63, 3.8) is 0 Å². The summed E-state index contributed by atoms with van der Waals surface area (Å²) in [5.74, 6) is -0.274. The van der Waals surface area contributed by atoms with Crippen LogP contribution < -0.4 is 0 Å². The second-order valence-corrected chi connectivity index (χ2v) is 4.49. The molecular formula is C13H10Cl2O2. The molecule has 0 atom stereocenters. The Labute approximate surface area is 109 Å². The molecule has 2 rings (SSSR count). The van der Waals surface area contributed by atoms with Crippen LogP contribution in [0.4, 0.5) is 0 Å². The number of methoxy groups -OCH3 is 1. The SMILES string of the molecule is COC(=O)Cc1ccc(Cl)c2cc(Cl)ccc12. The molecule has 0 aliphatic carbocycles. The second kappa shape index (κ2) is 4.94. The first kappa shape index (κ1) is 12.2. The van der Waals surface area contributed by atoms with Crippen molar-refractivity contribution >= 4 is 39.9 Å². The molecule has 17 heavy (non-hydrogen) atoms. The highest BCUT2D eigenvalue weighted by Gasteiger charge is 2.09. The van der Waals surface area contributed by atoms with Crippen molar-refractivity contribution in [1.82, 2.24) is 0 Å². The highest BCUT2D eigenvalue weighted by atomic mass is 35.5. The van der Waals surface area contributed by atoms with Crippen molar-refractivity contribution in [3.8, 4) is 0 Å². The number of benzene rings is 2. The van der Waals surface area contributed by atoms with Crippen molar-refractivity contribution in [1.29, 1.82) is 0 Å². The quantitative estimate of drug-likeness (QED) is 0.774. The predicted molar refractivity (Wildman–Crippen MR) is 69.7 cm³/mol. The summed E-state index contributed by atoms with van der Waals surface area (Å²) >= 11 is 12.0. The summed E-state index contributed by atoms with van der Waals surface area (Å²) in [4.78, 5) is 11.3. The smallest absolute Gasteiger partial charge is 0.309 e. The van der Waals surface area contributed by atoms with Gasteiger partial charge in [-0.25, -0.2) is 0 Å². The fraction of sp³-hybridized carbons (Fsp3) is 0.154. The monoisotopic (exact) mass is 268 g/mol. The van der Waals surface area contributed by atoms with Crippen LogP contribution >= 0.6 is 23.2 Å². The van der Waals surface area contributed by atoms with Crippen molar-refractivity contribution in [2.24, 2.45) is 0 Å². The van der Waals surface area contributed by atoms with Gasteiger partial charge in [-0.2, -0.15) is 0 Å². The molecule has 88 valence electrons. The van der Waals surface area contributed by atoms with Crippen LogP contribution in [0.15, 0.2) is 30.3 Å². The number of rotatable bonds is 2. The summed E-state index contributed by atoms with van der Waals surface area (Å²) in [6.45, 7) is 0. The van der Waals surface area contributed by atoms with Crippen LogP contribution in [0.5, 0.6) is 0 Å². The lowest BCUT2D eigenvalue weighted by atomic mass is 10.0. The summed E-state index contributed by atoms with van der Waals surface area (Å²) < 4.78 is 4.66. The number of carbonyl (C=O) groups is 1. The van der Waals surface area contributed by atoms with Gasteiger partial charge in [0, 0.05) is 15.4 Å². The maximum atomic E-state index is 11.3. The zero-order valence-corrected chi connectivity index (χ0v) is 10.7. The number of ether oxygens (including phenoxy) is 1. The van der Waals surface area contributed by atoms with Crippen LogP contribution in [0.25, 0.3) is 10.8 Å². The Hall–Kier alpha value is -1.25. The van der Waals surface area contributed by atoms with Gasteiger partial charge in [0.2, 0.25) is 0 Å². The Balaban J connectivity index is 2.58. The van der Waals surface area contributed by atoms with Crippen molar-refractivity contribution in [2.45, 2.75) is 6.42 Å². The number of carbonyl (C=O) groups excluding carboxylic acids is 1. The fourth-order valence-corrected chi connectivity index (χ4v) is 2.12. The normalized spacial score (nSPS) is 10.5. The summed E-state index contributed by atoms with van der Waals surface area (Å²) in [5.41, 5.74) is 0.882. The van der Waals surface area contributed by atoms with Gasteiger partial charge in [-0.05, 0) is 29.1 Å². The second-order valence-electron chi connectivity index (χ2n) is 3.65. The summed E-state index contributed by atoms with van der Waals surface area (Å²) in [6, 6.07) is 9.02. The van der Waals surface area contributed by atoms with E-state index in [1.807, 2.05) is 12.1 Å². The van der Waals surface area contributed by atoms with Crippen LogP contribution in [0.3, 0.4) is 0 Å². The molecule has 0 aliphatic heterocycles. The van der Waals surface area contributed by atoms with E-state index in [1.54, 1.807) is 18.2 Å². The Morgan fingerprint density at radius 3 is 2.65 bits per heavy atom. The number of esters is 1. The third kappa shape index (κ3) is 2.54. The molecule has 0 saturated heterocycles. The van der Waals surface area contributed by atoms with Gasteiger partial charge in [0.15, 0.2) is 0 Å². The highest BCUT2D eigenvalue weighted by molar-refractivity contribution is 6.37. The number of hydrogen-bond acceptors (Lipinski definition) is 2. The predicted octanol–water partition coefficient (Wildman–Crippen LogP) is 3.86. The molecule has 0 N–H and O–H groups in total. The number of fused-ring (bicyclic) bond motifs is 1. The fourth-order valence-electron chi connectivity index (χ4n) is 1.73. The van der Waals surface area contributed by atoms with Crippen LogP contribution in [-0.2, 0) is 16.0 Å². The van der Waals surface area contributed by atoms with Gasteiger partial charge in [0.25, 0.3) is 0 Å². The first-order valence-corrected chi connectivity index (χ1v) is 5.81. The van der Waals surface area contributed by atoms with E-state index >= 15 is 0 Å². The van der Waals surface area contributed by atoms with E-state index in [4.69, 9.17) is 23.2 Å². The average molecular weight is 269 g/mol. The maximum Gasteiger partial charge on any atom is 0.309 e. The lowest BCUT2D eigenvalue weighted by molar-refractivity contribution is -0.139. The van der Waals surface area contributed by atoms with E-state index in [0.717, 1.165) is 16.3 Å². The molecule has 0 saturated carbocycles. The Morgan fingerprint density at radius 1 is 1.18 bits per heavy atom. The van der Waals surface area contributed by atoms with Gasteiger partial charge in [-0.1, -0.05) is 35.3 Å². The number of hydrogen-bond donors (Lipinski definition) is 0. The third-order valence-electron chi connectivity index (χ3n) is 2.58. The molecule has 4 heteroatoms. The molecule has 2 aromatic rings. The minimum atomic E-state index is -0.274. The molecule has 0 spiro atoms. The maximum absolute atomic E-state index is 11.3. The summed E-state index contributed by atoms with van der Waals surface area (Å²) in [6.07, 6.45) is 0.228.